The van der Waals surface area contributed by atoms with Crippen molar-refractivity contribution in [2.45, 2.75) is 19.4 Å². The van der Waals surface area contributed by atoms with Gasteiger partial charge in [0.1, 0.15) is 5.82 Å². The Morgan fingerprint density at radius 3 is 2.83 bits per heavy atom. The standard InChI is InChI=1S/C9H11FIN/c1-2-9(12)7-5-6(11)3-4-8(7)10/h3-5,9H,2,12H2,1H3/t9-/m0/s1. The Hall–Kier alpha value is -0.160. The molecule has 0 saturated carbocycles. The second-order valence-electron chi connectivity index (χ2n) is 2.68. The molecule has 1 rings (SSSR count). The topological polar surface area (TPSA) is 26.0 Å². The minimum Gasteiger partial charge on any atom is -0.324 e. The Morgan fingerprint density at radius 2 is 2.25 bits per heavy atom. The maximum absolute atomic E-state index is 13.1. The van der Waals surface area contributed by atoms with E-state index in [1.165, 1.54) is 6.07 Å². The van der Waals surface area contributed by atoms with Gasteiger partial charge in [0.15, 0.2) is 0 Å². The summed E-state index contributed by atoms with van der Waals surface area (Å²) in [5, 5.41) is 0. The van der Waals surface area contributed by atoms with Crippen molar-refractivity contribution in [3.63, 3.8) is 0 Å². The smallest absolute Gasteiger partial charge is 0.128 e. The Kier molecular flexibility index (Phi) is 3.46. The quantitative estimate of drug-likeness (QED) is 0.828. The maximum atomic E-state index is 13.1. The molecule has 0 bridgehead atoms. The fourth-order valence-corrected chi connectivity index (χ4v) is 1.53. The van der Waals surface area contributed by atoms with Crippen LogP contribution in [-0.4, -0.2) is 0 Å². The monoisotopic (exact) mass is 279 g/mol. The van der Waals surface area contributed by atoms with Crippen LogP contribution in [-0.2, 0) is 0 Å². The van der Waals surface area contributed by atoms with Gasteiger partial charge in [0.05, 0.1) is 0 Å². The number of halogens is 2. The highest BCUT2D eigenvalue weighted by atomic mass is 127. The first-order chi connectivity index (χ1) is 5.65. The Bertz CT molecular complexity index is 275. The van der Waals surface area contributed by atoms with Crippen LogP contribution in [0.3, 0.4) is 0 Å². The van der Waals surface area contributed by atoms with Crippen molar-refractivity contribution in [1.29, 1.82) is 0 Å². The van der Waals surface area contributed by atoms with Gasteiger partial charge in [-0.1, -0.05) is 6.92 Å². The van der Waals surface area contributed by atoms with Crippen LogP contribution in [0.2, 0.25) is 0 Å². The van der Waals surface area contributed by atoms with Crippen LogP contribution in [0.15, 0.2) is 18.2 Å². The van der Waals surface area contributed by atoms with E-state index in [-0.39, 0.29) is 11.9 Å². The van der Waals surface area contributed by atoms with E-state index in [4.69, 9.17) is 5.73 Å². The molecule has 1 aromatic rings. The molecule has 0 amide bonds. The Morgan fingerprint density at radius 1 is 1.58 bits per heavy atom. The summed E-state index contributed by atoms with van der Waals surface area (Å²) in [5.41, 5.74) is 6.34. The Labute approximate surface area is 85.3 Å². The molecule has 3 heteroatoms. The molecule has 0 aliphatic carbocycles. The highest BCUT2D eigenvalue weighted by molar-refractivity contribution is 14.1. The van der Waals surface area contributed by atoms with E-state index in [0.717, 1.165) is 9.99 Å². The second-order valence-corrected chi connectivity index (χ2v) is 3.93. The molecule has 0 fully saturated rings. The average Bonchev–Trinajstić information content (AvgIpc) is 2.08. The Balaban J connectivity index is 3.04. The molecule has 1 nitrogen and oxygen atoms in total. The van der Waals surface area contributed by atoms with E-state index in [2.05, 4.69) is 22.6 Å². The zero-order valence-electron chi connectivity index (χ0n) is 6.85. The summed E-state index contributed by atoms with van der Waals surface area (Å²) < 4.78 is 14.1. The van der Waals surface area contributed by atoms with E-state index in [1.54, 1.807) is 12.1 Å². The van der Waals surface area contributed by atoms with Gasteiger partial charge >= 0.3 is 0 Å². The lowest BCUT2D eigenvalue weighted by atomic mass is 10.1. The first-order valence-corrected chi connectivity index (χ1v) is 4.93. The maximum Gasteiger partial charge on any atom is 0.128 e. The van der Waals surface area contributed by atoms with E-state index in [9.17, 15) is 4.39 Å². The summed E-state index contributed by atoms with van der Waals surface area (Å²) >= 11 is 2.15. The minimum atomic E-state index is -0.204. The van der Waals surface area contributed by atoms with Gasteiger partial charge in [0, 0.05) is 15.2 Å². The summed E-state index contributed by atoms with van der Waals surface area (Å²) in [4.78, 5) is 0. The van der Waals surface area contributed by atoms with Crippen LogP contribution in [0, 0.1) is 9.39 Å². The molecule has 0 aromatic heterocycles. The third-order valence-electron chi connectivity index (χ3n) is 1.80. The number of benzene rings is 1. The molecular weight excluding hydrogens is 268 g/mol. The molecule has 0 aliphatic heterocycles. The van der Waals surface area contributed by atoms with Crippen LogP contribution in [0.1, 0.15) is 24.9 Å². The van der Waals surface area contributed by atoms with Crippen molar-refractivity contribution in [2.24, 2.45) is 5.73 Å². The fraction of sp³-hybridized carbons (Fsp3) is 0.333. The normalized spacial score (nSPS) is 13.0. The van der Waals surface area contributed by atoms with Gasteiger partial charge in [-0.2, -0.15) is 0 Å². The number of hydrogen-bond acceptors (Lipinski definition) is 1. The largest absolute Gasteiger partial charge is 0.324 e. The van der Waals surface area contributed by atoms with Gasteiger partial charge in [0.2, 0.25) is 0 Å². The number of hydrogen-bond donors (Lipinski definition) is 1. The highest BCUT2D eigenvalue weighted by Crippen LogP contribution is 2.19. The van der Waals surface area contributed by atoms with Crippen LogP contribution < -0.4 is 5.73 Å². The van der Waals surface area contributed by atoms with Crippen molar-refractivity contribution >= 4 is 22.6 Å². The van der Waals surface area contributed by atoms with Gasteiger partial charge in [-0.3, -0.25) is 0 Å². The molecule has 12 heavy (non-hydrogen) atoms. The van der Waals surface area contributed by atoms with Crippen LogP contribution in [0.25, 0.3) is 0 Å². The second kappa shape index (κ2) is 4.18. The van der Waals surface area contributed by atoms with Gasteiger partial charge in [0.25, 0.3) is 0 Å². The molecule has 0 radical (unpaired) electrons. The predicted octanol–water partition coefficient (Wildman–Crippen LogP) is 2.84. The molecule has 2 N–H and O–H groups in total. The summed E-state index contributed by atoms with van der Waals surface area (Å²) in [5.74, 6) is -0.204. The molecule has 0 unspecified atom stereocenters. The minimum absolute atomic E-state index is 0.181. The van der Waals surface area contributed by atoms with Crippen molar-refractivity contribution in [3.8, 4) is 0 Å². The van der Waals surface area contributed by atoms with E-state index in [0.29, 0.717) is 5.56 Å². The van der Waals surface area contributed by atoms with Crippen molar-refractivity contribution in [1.82, 2.24) is 0 Å². The highest BCUT2D eigenvalue weighted by Gasteiger charge is 2.08. The molecule has 1 aromatic carbocycles. The fourth-order valence-electron chi connectivity index (χ4n) is 1.02. The van der Waals surface area contributed by atoms with E-state index >= 15 is 0 Å². The molecule has 1 atom stereocenters. The van der Waals surface area contributed by atoms with Crippen molar-refractivity contribution < 1.29 is 4.39 Å². The number of rotatable bonds is 2. The third-order valence-corrected chi connectivity index (χ3v) is 2.47. The molecule has 66 valence electrons. The van der Waals surface area contributed by atoms with Crippen LogP contribution in [0.5, 0.6) is 0 Å². The van der Waals surface area contributed by atoms with Crippen molar-refractivity contribution in [2.75, 3.05) is 0 Å². The van der Waals surface area contributed by atoms with Crippen LogP contribution >= 0.6 is 22.6 Å². The zero-order chi connectivity index (χ0) is 9.14. The van der Waals surface area contributed by atoms with Gasteiger partial charge < -0.3 is 5.73 Å². The lowest BCUT2D eigenvalue weighted by Gasteiger charge is -2.10. The van der Waals surface area contributed by atoms with Crippen LogP contribution in [0.4, 0.5) is 4.39 Å². The molecular formula is C9H11FIN. The summed E-state index contributed by atoms with van der Waals surface area (Å²) in [7, 11) is 0. The van der Waals surface area contributed by atoms with Gasteiger partial charge in [-0.25, -0.2) is 4.39 Å². The number of nitrogens with two attached hydrogens (primary N) is 1. The third kappa shape index (κ3) is 2.17. The summed E-state index contributed by atoms with van der Waals surface area (Å²) in [6, 6.07) is 4.82. The van der Waals surface area contributed by atoms with Gasteiger partial charge in [-0.05, 0) is 47.2 Å². The lowest BCUT2D eigenvalue weighted by Crippen LogP contribution is -2.10. The first-order valence-electron chi connectivity index (χ1n) is 3.85. The molecule has 0 heterocycles. The average molecular weight is 279 g/mol. The lowest BCUT2D eigenvalue weighted by molar-refractivity contribution is 0.575. The van der Waals surface area contributed by atoms with E-state index < -0.39 is 0 Å². The molecule has 0 saturated heterocycles. The first kappa shape index (κ1) is 9.92. The predicted molar refractivity (Wildman–Crippen MR) is 56.3 cm³/mol. The van der Waals surface area contributed by atoms with E-state index in [1.807, 2.05) is 6.92 Å². The zero-order valence-corrected chi connectivity index (χ0v) is 9.01. The van der Waals surface area contributed by atoms with Gasteiger partial charge in [-0.15, -0.1) is 0 Å². The molecule has 0 aliphatic rings. The molecule has 0 spiro atoms. The van der Waals surface area contributed by atoms with Crippen molar-refractivity contribution in [3.05, 3.63) is 33.1 Å². The summed E-state index contributed by atoms with van der Waals surface area (Å²) in [6.45, 7) is 1.95. The summed E-state index contributed by atoms with van der Waals surface area (Å²) in [6.07, 6.45) is 0.761. The SMILES string of the molecule is CC[C@H](N)c1cc(I)ccc1F.